The van der Waals surface area contributed by atoms with Crippen LogP contribution in [0.15, 0.2) is 99.6 Å². The number of halogens is 8. The number of fused-ring (bicyclic) bond motifs is 9. The highest BCUT2D eigenvalue weighted by molar-refractivity contribution is 9.18. The molecule has 21 heteroatoms. The first-order chi connectivity index (χ1) is 27.6. The number of aromatic nitrogens is 4. The van der Waals surface area contributed by atoms with Gasteiger partial charge in [0, 0.05) is 53.1 Å². The van der Waals surface area contributed by atoms with Crippen LogP contribution in [0.5, 0.6) is 0 Å². The number of hydrogen-bond acceptors (Lipinski definition) is 7. The van der Waals surface area contributed by atoms with Crippen molar-refractivity contribution in [2.75, 3.05) is 0 Å². The summed E-state index contributed by atoms with van der Waals surface area (Å²) in [5.41, 5.74) is 7.65. The molecule has 0 unspecified atom stereocenters. The Morgan fingerprint density at radius 3 is 0.966 bits per heavy atom. The van der Waals surface area contributed by atoms with E-state index in [1.54, 1.807) is 36.4 Å². The maximum atomic E-state index is 11.7. The second-order valence-corrected chi connectivity index (χ2v) is 18.8. The number of nitrogens with zero attached hydrogens (tertiary/aromatic N) is 4. The zero-order valence-electron chi connectivity index (χ0n) is 28.2. The molecule has 8 bridgehead atoms. The first kappa shape index (κ1) is 41.2. The van der Waals surface area contributed by atoms with Gasteiger partial charge < -0.3 is 15.0 Å². The molecule has 0 radical (unpaired) electrons. The monoisotopic (exact) mass is 1280 g/mol. The topological polar surface area (TPSA) is 190 Å². The van der Waals surface area contributed by atoms with Crippen LogP contribution in [0.3, 0.4) is 0 Å². The van der Waals surface area contributed by atoms with E-state index in [0.717, 1.165) is 0 Å². The highest BCUT2D eigenvalue weighted by Crippen LogP contribution is 2.51. The summed E-state index contributed by atoms with van der Waals surface area (Å²) in [6.07, 6.45) is 0. The van der Waals surface area contributed by atoms with Crippen molar-refractivity contribution in [3.05, 3.63) is 141 Å². The molecule has 4 aromatic heterocycles. The van der Waals surface area contributed by atoms with Gasteiger partial charge in [-0.15, -0.1) is 0 Å². The molecule has 0 atom stereocenters. The second kappa shape index (κ2) is 15.8. The number of nitro groups is 3. The molecule has 1 aliphatic heterocycles. The maximum absolute atomic E-state index is 11.7. The molecule has 5 heterocycles. The van der Waals surface area contributed by atoms with Crippen LogP contribution in [0.4, 0.5) is 17.1 Å². The van der Waals surface area contributed by atoms with Crippen molar-refractivity contribution in [2.45, 2.75) is 0 Å². The summed E-state index contributed by atoms with van der Waals surface area (Å²) >= 11 is 30.5. The van der Waals surface area contributed by atoms with Gasteiger partial charge in [0.05, 0.1) is 89.4 Å². The second-order valence-electron chi connectivity index (χ2n) is 12.5. The highest BCUT2D eigenvalue weighted by atomic mass is 79.9. The van der Waals surface area contributed by atoms with Gasteiger partial charge in [0.15, 0.2) is 0 Å². The lowest BCUT2D eigenvalue weighted by Gasteiger charge is -2.07. The van der Waals surface area contributed by atoms with Gasteiger partial charge in [-0.3, -0.25) is 30.3 Å². The summed E-state index contributed by atoms with van der Waals surface area (Å²) in [6.45, 7) is 0. The minimum Gasteiger partial charge on any atom is -0.352 e. The van der Waals surface area contributed by atoms with E-state index >= 15 is 0 Å². The van der Waals surface area contributed by atoms with E-state index in [4.69, 9.17) is 4.98 Å². The van der Waals surface area contributed by atoms with Gasteiger partial charge in [0.1, 0.15) is 5.69 Å². The molecule has 58 heavy (non-hydrogen) atoms. The molecule has 0 aliphatic carbocycles. The van der Waals surface area contributed by atoms with Crippen LogP contribution >= 0.6 is 127 Å². The summed E-state index contributed by atoms with van der Waals surface area (Å²) < 4.78 is 4.77. The summed E-state index contributed by atoms with van der Waals surface area (Å²) in [5, 5.41) is 35.1. The Hall–Kier alpha value is -3.57. The zero-order valence-corrected chi connectivity index (χ0v) is 40.9. The van der Waals surface area contributed by atoms with Crippen LogP contribution < -0.4 is 0 Å². The molecule has 0 fully saturated rings. The third-order valence-corrected chi connectivity index (χ3v) is 17.7. The van der Waals surface area contributed by atoms with Crippen molar-refractivity contribution in [3.8, 4) is 33.4 Å². The van der Waals surface area contributed by atoms with E-state index < -0.39 is 14.8 Å². The number of non-ortho nitro benzene ring substituents is 3. The van der Waals surface area contributed by atoms with Gasteiger partial charge in [-0.05, 0) is 181 Å². The molecule has 0 saturated carbocycles. The lowest BCUT2D eigenvalue weighted by Crippen LogP contribution is -1.90. The van der Waals surface area contributed by atoms with Gasteiger partial charge in [0.25, 0.3) is 17.1 Å². The predicted octanol–water partition coefficient (Wildman–Crippen LogP) is 15.4. The van der Waals surface area contributed by atoms with Crippen molar-refractivity contribution in [1.29, 1.82) is 0 Å². The van der Waals surface area contributed by atoms with E-state index in [2.05, 4.69) is 142 Å². The Labute approximate surface area is 391 Å². The van der Waals surface area contributed by atoms with Crippen LogP contribution in [-0.4, -0.2) is 34.7 Å². The van der Waals surface area contributed by atoms with Gasteiger partial charge >= 0.3 is 0 Å². The average Bonchev–Trinajstić information content (AvgIpc) is 3.87. The smallest absolute Gasteiger partial charge is 0.269 e. The minimum atomic E-state index is -0.474. The SMILES string of the molecule is O=[N+]([O-])c1ccc(-c2c3nc(c4[nH]c(c(Br)c4Br)c(-c4ccc([N+](=O)[O-])cc4)c4[nH]c(c(Br)c4Br)c(-c4ccc([N+](=O)[O-])cc4)c4[nH]c2c(Br)c4Br)C(Br)=C3Br)cc1. The van der Waals surface area contributed by atoms with Crippen LogP contribution in [0.1, 0.15) is 11.4 Å². The molecule has 1 aliphatic rings. The first-order valence-electron chi connectivity index (χ1n) is 16.2. The normalized spacial score (nSPS) is 12.1. The molecule has 3 aromatic carbocycles. The zero-order chi connectivity index (χ0) is 41.5. The van der Waals surface area contributed by atoms with Crippen LogP contribution in [-0.2, 0) is 0 Å². The predicted molar refractivity (Wildman–Crippen MR) is 253 cm³/mol. The molecule has 0 saturated heterocycles. The lowest BCUT2D eigenvalue weighted by atomic mass is 10.0. The molecule has 3 N–H and O–H groups in total. The van der Waals surface area contributed by atoms with Crippen LogP contribution in [0.25, 0.3) is 75.4 Å². The molecule has 290 valence electrons. The number of rotatable bonds is 6. The number of aromatic amines is 3. The van der Waals surface area contributed by atoms with Gasteiger partial charge in [-0.2, -0.15) is 0 Å². The molecular weight excluding hydrogens is 1280 g/mol. The molecule has 0 spiro atoms. The molecule has 7 aromatic rings. The number of benzene rings is 3. The number of H-pyrrole nitrogens is 3. The Morgan fingerprint density at radius 1 is 0.379 bits per heavy atom. The summed E-state index contributed by atoms with van der Waals surface area (Å²) in [4.78, 5) is 49.7. The Bertz CT molecular complexity index is 3120. The highest BCUT2D eigenvalue weighted by Gasteiger charge is 2.28. The third-order valence-electron chi connectivity index (χ3n) is 9.30. The fourth-order valence-corrected chi connectivity index (χ4v) is 10.5. The standard InChI is InChI=1S/C37H15Br8N7O6/c38-22-24(40)32-20(14-3-9-17(10-4-14)51(55)56)34-26(42)28(44)36(48-34)37-29(45)27(43)35(49-37)21(15-5-11-18(12-6-15)52(57)58)33-25(41)23(39)31(47-33)19(30(22)46-32)13-1-7-16(8-2-13)50(53)54/h1-12,46-48H. The summed E-state index contributed by atoms with van der Waals surface area (Å²) in [6, 6.07) is 18.4. The number of nitro benzene ring substituents is 3. The van der Waals surface area contributed by atoms with Crippen LogP contribution in [0.2, 0.25) is 0 Å². The van der Waals surface area contributed by atoms with Crippen LogP contribution in [0, 0.1) is 30.3 Å². The van der Waals surface area contributed by atoms with E-state index in [1.165, 1.54) is 36.4 Å². The minimum absolute atomic E-state index is 0.0875. The van der Waals surface area contributed by atoms with Crippen molar-refractivity contribution in [3.63, 3.8) is 0 Å². The van der Waals surface area contributed by atoms with E-state index in [9.17, 15) is 30.3 Å². The summed E-state index contributed by atoms with van der Waals surface area (Å²) in [7, 11) is 0. The van der Waals surface area contributed by atoms with Crippen molar-refractivity contribution in [1.82, 2.24) is 19.9 Å². The molecular formula is C37H15Br8N7O6. The third kappa shape index (κ3) is 6.84. The largest absolute Gasteiger partial charge is 0.352 e. The average molecular weight is 1290 g/mol. The number of nitrogens with one attached hydrogen (secondary N) is 3. The fourth-order valence-electron chi connectivity index (χ4n) is 6.61. The first-order valence-corrected chi connectivity index (χ1v) is 22.5. The quantitative estimate of drug-likeness (QED) is 0.109. The van der Waals surface area contributed by atoms with E-state index in [-0.39, 0.29) is 17.1 Å². The number of hydrogen-bond donors (Lipinski definition) is 3. The Kier molecular flexibility index (Phi) is 11.2. The Morgan fingerprint density at radius 2 is 0.638 bits per heavy atom. The van der Waals surface area contributed by atoms with Gasteiger partial charge in [-0.1, -0.05) is 0 Å². The van der Waals surface area contributed by atoms with E-state index in [0.29, 0.717) is 114 Å². The lowest BCUT2D eigenvalue weighted by molar-refractivity contribution is -0.385. The molecule has 13 nitrogen and oxygen atoms in total. The van der Waals surface area contributed by atoms with Gasteiger partial charge in [-0.25, -0.2) is 4.98 Å². The fraction of sp³-hybridized carbons (Fsp3) is 0. The maximum Gasteiger partial charge on any atom is 0.269 e. The van der Waals surface area contributed by atoms with Crippen molar-refractivity contribution < 1.29 is 14.8 Å². The Balaban J connectivity index is 1.67. The molecule has 0 amide bonds. The molecule has 8 rings (SSSR count). The van der Waals surface area contributed by atoms with Gasteiger partial charge in [0.2, 0.25) is 0 Å². The van der Waals surface area contributed by atoms with Crippen molar-refractivity contribution in [2.24, 2.45) is 0 Å². The van der Waals surface area contributed by atoms with E-state index in [1.807, 2.05) is 0 Å². The van der Waals surface area contributed by atoms with Crippen molar-refractivity contribution >= 4 is 187 Å². The summed E-state index contributed by atoms with van der Waals surface area (Å²) in [5.74, 6) is 0.